The summed E-state index contributed by atoms with van der Waals surface area (Å²) in [6, 6.07) is 2.80. The van der Waals surface area contributed by atoms with E-state index in [1.165, 1.54) is 12.8 Å². The van der Waals surface area contributed by atoms with Gasteiger partial charge in [-0.2, -0.15) is 5.26 Å². The summed E-state index contributed by atoms with van der Waals surface area (Å²) in [6.07, 6.45) is 2.56. The minimum atomic E-state index is 0.0211. The number of hydrogen-bond acceptors (Lipinski definition) is 2. The van der Waals surface area contributed by atoms with Crippen molar-refractivity contribution in [1.29, 1.82) is 5.26 Å². The van der Waals surface area contributed by atoms with Crippen molar-refractivity contribution < 1.29 is 0 Å². The summed E-state index contributed by atoms with van der Waals surface area (Å²) >= 11 is 0. The van der Waals surface area contributed by atoms with Gasteiger partial charge in [0.05, 0.1) is 12.1 Å². The number of nitrogens with one attached hydrogen (secondary N) is 1. The van der Waals surface area contributed by atoms with E-state index in [-0.39, 0.29) is 6.04 Å². The summed E-state index contributed by atoms with van der Waals surface area (Å²) in [4.78, 5) is 0. The predicted octanol–water partition coefficient (Wildman–Crippen LogP) is 1.29. The van der Waals surface area contributed by atoms with Crippen molar-refractivity contribution in [2.45, 2.75) is 38.8 Å². The van der Waals surface area contributed by atoms with Gasteiger partial charge in [0.15, 0.2) is 0 Å². The van der Waals surface area contributed by atoms with Crippen LogP contribution in [0.15, 0.2) is 0 Å². The molecule has 0 spiro atoms. The van der Waals surface area contributed by atoms with E-state index in [9.17, 15) is 0 Å². The van der Waals surface area contributed by atoms with E-state index in [0.29, 0.717) is 6.04 Å². The van der Waals surface area contributed by atoms with E-state index < -0.39 is 0 Å². The molecule has 0 saturated heterocycles. The van der Waals surface area contributed by atoms with Crippen LogP contribution in [0.3, 0.4) is 0 Å². The van der Waals surface area contributed by atoms with E-state index in [0.717, 1.165) is 5.92 Å². The molecule has 0 aromatic heterocycles. The van der Waals surface area contributed by atoms with Gasteiger partial charge in [-0.25, -0.2) is 0 Å². The molecular formula is C8H14N2. The van der Waals surface area contributed by atoms with Crippen molar-refractivity contribution in [1.82, 2.24) is 5.32 Å². The largest absolute Gasteiger partial charge is 0.299 e. The molecule has 0 amide bonds. The summed E-state index contributed by atoms with van der Waals surface area (Å²) in [5, 5.41) is 11.7. The molecule has 0 heterocycles. The Balaban J connectivity index is 2.20. The number of nitriles is 1. The summed E-state index contributed by atoms with van der Waals surface area (Å²) in [6.45, 7) is 4.14. The van der Waals surface area contributed by atoms with Crippen LogP contribution in [-0.4, -0.2) is 12.1 Å². The van der Waals surface area contributed by atoms with Crippen LogP contribution in [-0.2, 0) is 0 Å². The fourth-order valence-corrected chi connectivity index (χ4v) is 1.27. The highest BCUT2D eigenvalue weighted by Crippen LogP contribution is 2.26. The number of rotatable bonds is 2. The van der Waals surface area contributed by atoms with Gasteiger partial charge in [0, 0.05) is 6.04 Å². The molecule has 0 aromatic rings. The van der Waals surface area contributed by atoms with Crippen LogP contribution in [0.25, 0.3) is 0 Å². The standard InChI is InChI=1S/C8H14N2/c1-6-3-4-8(6)10-7(2)5-9/h6-8,10H,3-4H2,1-2H3. The Kier molecular flexibility index (Phi) is 2.29. The maximum atomic E-state index is 8.48. The van der Waals surface area contributed by atoms with E-state index in [4.69, 9.17) is 5.26 Å². The molecule has 56 valence electrons. The van der Waals surface area contributed by atoms with E-state index in [2.05, 4.69) is 18.3 Å². The van der Waals surface area contributed by atoms with E-state index in [1.54, 1.807) is 0 Å². The first-order valence-corrected chi connectivity index (χ1v) is 3.89. The van der Waals surface area contributed by atoms with Crippen LogP contribution in [0.2, 0.25) is 0 Å². The minimum Gasteiger partial charge on any atom is -0.299 e. The van der Waals surface area contributed by atoms with Gasteiger partial charge in [-0.3, -0.25) is 5.32 Å². The lowest BCUT2D eigenvalue weighted by Gasteiger charge is -2.35. The fraction of sp³-hybridized carbons (Fsp3) is 0.875. The molecule has 10 heavy (non-hydrogen) atoms. The first-order valence-electron chi connectivity index (χ1n) is 3.89. The maximum Gasteiger partial charge on any atom is 0.0926 e. The van der Waals surface area contributed by atoms with Gasteiger partial charge in [-0.15, -0.1) is 0 Å². The summed E-state index contributed by atoms with van der Waals surface area (Å²) in [5.74, 6) is 0.774. The molecule has 1 rings (SSSR count). The van der Waals surface area contributed by atoms with Crippen LogP contribution < -0.4 is 5.32 Å². The van der Waals surface area contributed by atoms with Gasteiger partial charge in [0.25, 0.3) is 0 Å². The van der Waals surface area contributed by atoms with Gasteiger partial charge in [-0.1, -0.05) is 6.92 Å². The van der Waals surface area contributed by atoms with Gasteiger partial charge in [0.2, 0.25) is 0 Å². The molecule has 0 aliphatic heterocycles. The average Bonchev–Trinajstić information content (AvgIpc) is 1.96. The van der Waals surface area contributed by atoms with Gasteiger partial charge in [-0.05, 0) is 25.7 Å². The third kappa shape index (κ3) is 1.48. The smallest absolute Gasteiger partial charge is 0.0926 e. The molecule has 1 aliphatic carbocycles. The van der Waals surface area contributed by atoms with Gasteiger partial charge in [0.1, 0.15) is 0 Å². The van der Waals surface area contributed by atoms with E-state index in [1.807, 2.05) is 6.92 Å². The van der Waals surface area contributed by atoms with E-state index >= 15 is 0 Å². The molecule has 2 heteroatoms. The zero-order valence-corrected chi connectivity index (χ0v) is 6.59. The lowest BCUT2D eigenvalue weighted by atomic mass is 9.81. The highest BCUT2D eigenvalue weighted by molar-refractivity contribution is 4.92. The molecule has 0 bridgehead atoms. The monoisotopic (exact) mass is 138 g/mol. The maximum absolute atomic E-state index is 8.48. The van der Waals surface area contributed by atoms with Crippen molar-refractivity contribution in [3.63, 3.8) is 0 Å². The second kappa shape index (κ2) is 3.03. The number of nitrogens with zero attached hydrogens (tertiary/aromatic N) is 1. The number of hydrogen-bond donors (Lipinski definition) is 1. The third-order valence-electron chi connectivity index (χ3n) is 2.28. The lowest BCUT2D eigenvalue weighted by molar-refractivity contribution is 0.223. The SMILES string of the molecule is CC(C#N)NC1CCC1C. The third-order valence-corrected chi connectivity index (χ3v) is 2.28. The second-order valence-corrected chi connectivity index (χ2v) is 3.18. The van der Waals surface area contributed by atoms with Crippen molar-refractivity contribution in [3.05, 3.63) is 0 Å². The molecule has 1 fully saturated rings. The van der Waals surface area contributed by atoms with Crippen LogP contribution in [0.5, 0.6) is 0 Å². The summed E-state index contributed by atoms with van der Waals surface area (Å²) in [5.41, 5.74) is 0. The van der Waals surface area contributed by atoms with Crippen molar-refractivity contribution >= 4 is 0 Å². The predicted molar refractivity (Wildman–Crippen MR) is 40.4 cm³/mol. The Morgan fingerprint density at radius 2 is 2.30 bits per heavy atom. The van der Waals surface area contributed by atoms with Crippen LogP contribution >= 0.6 is 0 Å². The van der Waals surface area contributed by atoms with Gasteiger partial charge >= 0.3 is 0 Å². The second-order valence-electron chi connectivity index (χ2n) is 3.18. The van der Waals surface area contributed by atoms with Crippen LogP contribution in [0.4, 0.5) is 0 Å². The first kappa shape index (κ1) is 7.56. The topological polar surface area (TPSA) is 35.8 Å². The Bertz CT molecular complexity index is 148. The highest BCUT2D eigenvalue weighted by atomic mass is 15.0. The Hall–Kier alpha value is -0.550. The zero-order valence-electron chi connectivity index (χ0n) is 6.59. The highest BCUT2D eigenvalue weighted by Gasteiger charge is 2.27. The fourth-order valence-electron chi connectivity index (χ4n) is 1.27. The molecule has 0 radical (unpaired) electrons. The quantitative estimate of drug-likeness (QED) is 0.624. The normalized spacial score (nSPS) is 34.1. The van der Waals surface area contributed by atoms with Gasteiger partial charge < -0.3 is 0 Å². The Morgan fingerprint density at radius 1 is 1.60 bits per heavy atom. The van der Waals surface area contributed by atoms with Crippen molar-refractivity contribution in [2.75, 3.05) is 0 Å². The van der Waals surface area contributed by atoms with Crippen LogP contribution in [0.1, 0.15) is 26.7 Å². The molecule has 0 aromatic carbocycles. The molecule has 1 aliphatic rings. The molecule has 2 nitrogen and oxygen atoms in total. The molecule has 1 N–H and O–H groups in total. The molecular weight excluding hydrogens is 124 g/mol. The summed E-state index contributed by atoms with van der Waals surface area (Å²) < 4.78 is 0. The molecule has 1 saturated carbocycles. The van der Waals surface area contributed by atoms with Crippen molar-refractivity contribution in [3.8, 4) is 6.07 Å². The first-order chi connectivity index (χ1) is 4.74. The minimum absolute atomic E-state index is 0.0211. The summed E-state index contributed by atoms with van der Waals surface area (Å²) in [7, 11) is 0. The zero-order chi connectivity index (χ0) is 7.56. The molecule has 3 atom stereocenters. The Labute approximate surface area is 62.2 Å². The molecule has 3 unspecified atom stereocenters. The van der Waals surface area contributed by atoms with Crippen LogP contribution in [0, 0.1) is 17.2 Å². The average molecular weight is 138 g/mol. The Morgan fingerprint density at radius 3 is 2.60 bits per heavy atom. The lowest BCUT2D eigenvalue weighted by Crippen LogP contribution is -2.46. The van der Waals surface area contributed by atoms with Crippen molar-refractivity contribution in [2.24, 2.45) is 5.92 Å².